The Labute approximate surface area is 167 Å². The van der Waals surface area contributed by atoms with Crippen LogP contribution in [0.3, 0.4) is 0 Å². The monoisotopic (exact) mass is 401 g/mol. The summed E-state index contributed by atoms with van der Waals surface area (Å²) in [6.45, 7) is 0.517. The summed E-state index contributed by atoms with van der Waals surface area (Å²) in [6, 6.07) is 11.9. The molecule has 0 saturated heterocycles. The van der Waals surface area contributed by atoms with Crippen molar-refractivity contribution in [2.45, 2.75) is 6.54 Å². The molecule has 1 heterocycles. The summed E-state index contributed by atoms with van der Waals surface area (Å²) in [5.74, 6) is 0.0392. The molecule has 4 nitrogen and oxygen atoms in total. The van der Waals surface area contributed by atoms with E-state index in [0.29, 0.717) is 27.9 Å². The van der Waals surface area contributed by atoms with Crippen molar-refractivity contribution >= 4 is 35.1 Å². The van der Waals surface area contributed by atoms with Crippen LogP contribution < -0.4 is 4.74 Å². The molecule has 2 aromatic carbocycles. The van der Waals surface area contributed by atoms with Crippen LogP contribution in [-0.2, 0) is 6.54 Å². The first-order valence-corrected chi connectivity index (χ1v) is 8.91. The number of benzene rings is 2. The van der Waals surface area contributed by atoms with Crippen molar-refractivity contribution in [1.82, 2.24) is 4.57 Å². The topological polar surface area (TPSA) is 51.5 Å². The van der Waals surface area contributed by atoms with Gasteiger partial charge in [-0.2, -0.15) is 0 Å². The van der Waals surface area contributed by atoms with Crippen molar-refractivity contribution in [2.24, 2.45) is 0 Å². The Morgan fingerprint density at radius 3 is 2.59 bits per heavy atom. The van der Waals surface area contributed by atoms with Gasteiger partial charge in [0.05, 0.1) is 19.2 Å². The second kappa shape index (κ2) is 8.33. The lowest BCUT2D eigenvalue weighted by Crippen LogP contribution is -2.03. The molecule has 6 heteroatoms. The highest BCUT2D eigenvalue weighted by Crippen LogP contribution is 2.30. The predicted molar refractivity (Wildman–Crippen MR) is 108 cm³/mol. The van der Waals surface area contributed by atoms with Crippen molar-refractivity contribution in [3.8, 4) is 11.5 Å². The van der Waals surface area contributed by atoms with E-state index in [4.69, 9.17) is 27.9 Å². The Morgan fingerprint density at radius 1 is 1.19 bits per heavy atom. The molecule has 0 spiro atoms. The number of hydrogen-bond donors (Lipinski definition) is 1. The number of aromatic hydroxyl groups is 1. The maximum atomic E-state index is 12.6. The van der Waals surface area contributed by atoms with Gasteiger partial charge in [-0.3, -0.25) is 4.79 Å². The number of rotatable bonds is 6. The molecule has 0 atom stereocenters. The minimum Gasteiger partial charge on any atom is -0.507 e. The number of nitrogens with zero attached hydrogens (tertiary/aromatic N) is 1. The lowest BCUT2D eigenvalue weighted by Gasteiger charge is -2.12. The SMILES string of the molecule is COc1cc(O)c(C(=O)/C=C/c2ccc(Cl)cc2Cl)cc1Cn1cccc1. The molecule has 0 unspecified atom stereocenters. The highest BCUT2D eigenvalue weighted by molar-refractivity contribution is 6.35. The quantitative estimate of drug-likeness (QED) is 0.441. The molecule has 0 aliphatic rings. The highest BCUT2D eigenvalue weighted by atomic mass is 35.5. The smallest absolute Gasteiger partial charge is 0.189 e. The van der Waals surface area contributed by atoms with Crippen LogP contribution in [0, 0.1) is 0 Å². The molecule has 3 rings (SSSR count). The average molecular weight is 402 g/mol. The van der Waals surface area contributed by atoms with Gasteiger partial charge in [-0.15, -0.1) is 0 Å². The van der Waals surface area contributed by atoms with Crippen LogP contribution in [0.2, 0.25) is 10.0 Å². The average Bonchev–Trinajstić information content (AvgIpc) is 3.15. The number of hydrogen-bond acceptors (Lipinski definition) is 3. The summed E-state index contributed by atoms with van der Waals surface area (Å²) in [4.78, 5) is 12.6. The second-order valence-electron chi connectivity index (χ2n) is 5.90. The van der Waals surface area contributed by atoms with E-state index >= 15 is 0 Å². The zero-order valence-electron chi connectivity index (χ0n) is 14.5. The number of phenolic OH excluding ortho intramolecular Hbond substituents is 1. The predicted octanol–water partition coefficient (Wildman–Crippen LogP) is 5.45. The van der Waals surface area contributed by atoms with Crippen molar-refractivity contribution in [3.05, 3.63) is 87.7 Å². The van der Waals surface area contributed by atoms with Crippen LogP contribution in [-0.4, -0.2) is 22.6 Å². The molecule has 0 bridgehead atoms. The number of ether oxygens (including phenoxy) is 1. The normalized spacial score (nSPS) is 11.1. The fraction of sp³-hybridized carbons (Fsp3) is 0.0952. The Bertz CT molecular complexity index is 995. The van der Waals surface area contributed by atoms with E-state index in [1.807, 2.05) is 29.1 Å². The number of aromatic nitrogens is 1. The van der Waals surface area contributed by atoms with E-state index in [1.165, 1.54) is 19.3 Å². The molecule has 3 aromatic rings. The van der Waals surface area contributed by atoms with Gasteiger partial charge >= 0.3 is 0 Å². The number of halogens is 2. The third kappa shape index (κ3) is 4.54. The van der Waals surface area contributed by atoms with Crippen LogP contribution in [0.25, 0.3) is 6.08 Å². The zero-order chi connectivity index (χ0) is 19.4. The number of carbonyl (C=O) groups excluding carboxylic acids is 1. The second-order valence-corrected chi connectivity index (χ2v) is 6.74. The fourth-order valence-electron chi connectivity index (χ4n) is 2.69. The third-order valence-electron chi connectivity index (χ3n) is 4.06. The number of allylic oxidation sites excluding steroid dienone is 1. The van der Waals surface area contributed by atoms with Gasteiger partial charge in [0.25, 0.3) is 0 Å². The minimum absolute atomic E-state index is 0.139. The minimum atomic E-state index is -0.338. The molecule has 0 saturated carbocycles. The first-order valence-electron chi connectivity index (χ1n) is 8.16. The number of ketones is 1. The molecular weight excluding hydrogens is 385 g/mol. The summed E-state index contributed by atoms with van der Waals surface area (Å²) in [5, 5.41) is 11.2. The maximum Gasteiger partial charge on any atom is 0.189 e. The number of phenols is 1. The molecule has 1 N–H and O–H groups in total. The van der Waals surface area contributed by atoms with E-state index in [1.54, 1.807) is 30.3 Å². The van der Waals surface area contributed by atoms with Crippen LogP contribution >= 0.6 is 23.2 Å². The first kappa shape index (κ1) is 19.1. The fourth-order valence-corrected chi connectivity index (χ4v) is 3.16. The molecule has 0 amide bonds. The van der Waals surface area contributed by atoms with E-state index in [9.17, 15) is 9.90 Å². The van der Waals surface area contributed by atoms with E-state index in [0.717, 1.165) is 5.56 Å². The number of carbonyl (C=O) groups is 1. The van der Waals surface area contributed by atoms with Crippen molar-refractivity contribution < 1.29 is 14.6 Å². The molecule has 27 heavy (non-hydrogen) atoms. The van der Waals surface area contributed by atoms with Gasteiger partial charge in [-0.1, -0.05) is 29.3 Å². The molecular formula is C21H17Cl2NO3. The van der Waals surface area contributed by atoms with Gasteiger partial charge in [-0.05, 0) is 48.0 Å². The molecule has 0 aliphatic heterocycles. The van der Waals surface area contributed by atoms with Crippen molar-refractivity contribution in [1.29, 1.82) is 0 Å². The molecule has 0 aliphatic carbocycles. The zero-order valence-corrected chi connectivity index (χ0v) is 16.0. The standard InChI is InChI=1S/C21H17Cl2NO3/c1-27-21-12-20(26)17(10-15(21)13-24-8-2-3-9-24)19(25)7-5-14-4-6-16(22)11-18(14)23/h2-12,26H,13H2,1H3/b7-5+. The summed E-state index contributed by atoms with van der Waals surface area (Å²) in [6.07, 6.45) is 6.79. The Morgan fingerprint density at radius 2 is 1.93 bits per heavy atom. The molecule has 0 radical (unpaired) electrons. The van der Waals surface area contributed by atoms with Crippen molar-refractivity contribution in [3.63, 3.8) is 0 Å². The molecule has 138 valence electrons. The van der Waals surface area contributed by atoms with E-state index in [2.05, 4.69) is 0 Å². The summed E-state index contributed by atoms with van der Waals surface area (Å²) >= 11 is 12.0. The first-order chi connectivity index (χ1) is 13.0. The van der Waals surface area contributed by atoms with E-state index < -0.39 is 0 Å². The van der Waals surface area contributed by atoms with Gasteiger partial charge < -0.3 is 14.4 Å². The third-order valence-corrected chi connectivity index (χ3v) is 4.62. The van der Waals surface area contributed by atoms with Gasteiger partial charge in [0.1, 0.15) is 11.5 Å². The summed E-state index contributed by atoms with van der Waals surface area (Å²) in [5.41, 5.74) is 1.64. The van der Waals surface area contributed by atoms with Crippen LogP contribution in [0.1, 0.15) is 21.5 Å². The van der Waals surface area contributed by atoms with Crippen LogP contribution in [0.5, 0.6) is 11.5 Å². The Hall–Kier alpha value is -2.69. The Balaban J connectivity index is 1.90. The van der Waals surface area contributed by atoms with Crippen LogP contribution in [0.15, 0.2) is 60.9 Å². The molecule has 1 aromatic heterocycles. The van der Waals surface area contributed by atoms with Gasteiger partial charge in [0.2, 0.25) is 0 Å². The lowest BCUT2D eigenvalue weighted by atomic mass is 10.0. The lowest BCUT2D eigenvalue weighted by molar-refractivity contribution is 0.104. The van der Waals surface area contributed by atoms with Gasteiger partial charge in [-0.25, -0.2) is 0 Å². The van der Waals surface area contributed by atoms with Gasteiger partial charge in [0, 0.05) is 34.1 Å². The summed E-state index contributed by atoms with van der Waals surface area (Å²) < 4.78 is 7.28. The molecule has 0 fully saturated rings. The largest absolute Gasteiger partial charge is 0.507 e. The van der Waals surface area contributed by atoms with Gasteiger partial charge in [0.15, 0.2) is 5.78 Å². The van der Waals surface area contributed by atoms with E-state index in [-0.39, 0.29) is 17.1 Å². The van der Waals surface area contributed by atoms with Crippen molar-refractivity contribution in [2.75, 3.05) is 7.11 Å². The maximum absolute atomic E-state index is 12.6. The Kier molecular flexibility index (Phi) is 5.89. The highest BCUT2D eigenvalue weighted by Gasteiger charge is 2.15. The van der Waals surface area contributed by atoms with Crippen LogP contribution in [0.4, 0.5) is 0 Å². The summed E-state index contributed by atoms with van der Waals surface area (Å²) in [7, 11) is 1.53. The number of methoxy groups -OCH3 is 1.